The molecule has 5 nitrogen and oxygen atoms in total. The second-order valence-corrected chi connectivity index (χ2v) is 6.75. The molecule has 2 amide bonds. The Morgan fingerprint density at radius 2 is 2.26 bits per heavy atom. The molecule has 0 bridgehead atoms. The van der Waals surface area contributed by atoms with E-state index in [0.717, 1.165) is 18.4 Å². The summed E-state index contributed by atoms with van der Waals surface area (Å²) in [5.74, 6) is -0.304. The molecule has 1 aromatic carbocycles. The fourth-order valence-corrected chi connectivity index (χ4v) is 3.29. The molecule has 1 unspecified atom stereocenters. The maximum absolute atomic E-state index is 12.6. The largest absolute Gasteiger partial charge is 0.383 e. The maximum Gasteiger partial charge on any atom is 0.226 e. The minimum atomic E-state index is -0.301. The van der Waals surface area contributed by atoms with Crippen LogP contribution in [-0.4, -0.2) is 43.5 Å². The van der Waals surface area contributed by atoms with Crippen molar-refractivity contribution in [2.75, 3.05) is 26.8 Å². The number of carbonyl (C=O) groups is 2. The molecule has 1 aliphatic heterocycles. The van der Waals surface area contributed by atoms with Gasteiger partial charge in [0.05, 0.1) is 18.1 Å². The number of ether oxygens (including phenoxy) is 1. The summed E-state index contributed by atoms with van der Waals surface area (Å²) in [6.07, 6.45) is 2.10. The first-order valence-corrected chi connectivity index (χ1v) is 8.27. The molecule has 1 heterocycles. The summed E-state index contributed by atoms with van der Waals surface area (Å²) >= 11 is 6.05. The lowest BCUT2D eigenvalue weighted by atomic mass is 10.0. The van der Waals surface area contributed by atoms with Crippen LogP contribution < -0.4 is 5.32 Å². The van der Waals surface area contributed by atoms with Crippen molar-refractivity contribution in [1.29, 1.82) is 0 Å². The molecule has 0 radical (unpaired) electrons. The number of hydrogen-bond donors (Lipinski definition) is 1. The Bertz CT molecular complexity index is 616. The van der Waals surface area contributed by atoms with Crippen LogP contribution in [0, 0.1) is 5.92 Å². The quantitative estimate of drug-likeness (QED) is 0.863. The molecule has 1 atom stereocenters. The first-order chi connectivity index (χ1) is 11.0. The van der Waals surface area contributed by atoms with Crippen LogP contribution in [0.2, 0.25) is 5.02 Å². The summed E-state index contributed by atoms with van der Waals surface area (Å²) in [6, 6.07) is 7.62. The van der Waals surface area contributed by atoms with Crippen molar-refractivity contribution < 1.29 is 14.3 Å². The lowest BCUT2D eigenvalue weighted by Crippen LogP contribution is -2.40. The summed E-state index contributed by atoms with van der Waals surface area (Å²) in [5.41, 5.74) is 0.740. The molecule has 0 aromatic heterocycles. The van der Waals surface area contributed by atoms with Crippen LogP contribution in [0.25, 0.3) is 0 Å². The molecular formula is C17H21ClN2O3. The van der Waals surface area contributed by atoms with Crippen LogP contribution in [0.3, 0.4) is 0 Å². The number of amides is 2. The van der Waals surface area contributed by atoms with Gasteiger partial charge in [-0.15, -0.1) is 0 Å². The van der Waals surface area contributed by atoms with E-state index in [0.29, 0.717) is 24.7 Å². The standard InChI is InChI=1S/C17H21ClN2O3/c1-23-8-7-20-11-12(9-15(20)21)16(22)19-17(5-6-17)13-3-2-4-14(18)10-13/h2-4,10,12H,5-9,11H2,1H3,(H,19,22). The van der Waals surface area contributed by atoms with E-state index in [1.165, 1.54) is 0 Å². The van der Waals surface area contributed by atoms with Crippen molar-refractivity contribution in [2.45, 2.75) is 24.8 Å². The first-order valence-electron chi connectivity index (χ1n) is 7.89. The van der Waals surface area contributed by atoms with Crippen LogP contribution in [0.15, 0.2) is 24.3 Å². The highest BCUT2D eigenvalue weighted by molar-refractivity contribution is 6.30. The van der Waals surface area contributed by atoms with Crippen molar-refractivity contribution >= 4 is 23.4 Å². The fraction of sp³-hybridized carbons (Fsp3) is 0.529. The number of nitrogens with zero attached hydrogens (tertiary/aromatic N) is 1. The molecule has 3 rings (SSSR count). The number of rotatable bonds is 6. The molecule has 23 heavy (non-hydrogen) atoms. The lowest BCUT2D eigenvalue weighted by Gasteiger charge is -2.21. The highest BCUT2D eigenvalue weighted by atomic mass is 35.5. The predicted octanol–water partition coefficient (Wildman–Crippen LogP) is 1.94. The minimum Gasteiger partial charge on any atom is -0.383 e. The van der Waals surface area contributed by atoms with Crippen molar-refractivity contribution in [3.05, 3.63) is 34.9 Å². The molecule has 1 N–H and O–H groups in total. The van der Waals surface area contributed by atoms with E-state index in [9.17, 15) is 9.59 Å². The van der Waals surface area contributed by atoms with Crippen LogP contribution in [0.4, 0.5) is 0 Å². The van der Waals surface area contributed by atoms with Gasteiger partial charge in [0, 0.05) is 31.6 Å². The Hall–Kier alpha value is -1.59. The van der Waals surface area contributed by atoms with Crippen molar-refractivity contribution in [2.24, 2.45) is 5.92 Å². The second-order valence-electron chi connectivity index (χ2n) is 6.32. The number of benzene rings is 1. The van der Waals surface area contributed by atoms with Gasteiger partial charge in [-0.25, -0.2) is 0 Å². The van der Waals surface area contributed by atoms with Crippen LogP contribution >= 0.6 is 11.6 Å². The van der Waals surface area contributed by atoms with Gasteiger partial charge in [0.1, 0.15) is 0 Å². The van der Waals surface area contributed by atoms with Crippen LogP contribution in [-0.2, 0) is 19.9 Å². The summed E-state index contributed by atoms with van der Waals surface area (Å²) in [4.78, 5) is 26.2. The smallest absolute Gasteiger partial charge is 0.226 e. The maximum atomic E-state index is 12.6. The molecule has 1 saturated carbocycles. The van der Waals surface area contributed by atoms with E-state index in [4.69, 9.17) is 16.3 Å². The monoisotopic (exact) mass is 336 g/mol. The van der Waals surface area contributed by atoms with Gasteiger partial charge in [-0.3, -0.25) is 9.59 Å². The third-order valence-electron chi connectivity index (χ3n) is 4.64. The zero-order chi connectivity index (χ0) is 16.4. The Morgan fingerprint density at radius 1 is 1.48 bits per heavy atom. The fourth-order valence-electron chi connectivity index (χ4n) is 3.10. The molecule has 2 aliphatic rings. The summed E-state index contributed by atoms with van der Waals surface area (Å²) in [5, 5.41) is 3.81. The number of methoxy groups -OCH3 is 1. The third kappa shape index (κ3) is 3.51. The van der Waals surface area contributed by atoms with Crippen molar-refractivity contribution in [3.8, 4) is 0 Å². The number of nitrogens with one attached hydrogen (secondary N) is 1. The first kappa shape index (κ1) is 16.3. The highest BCUT2D eigenvalue weighted by Gasteiger charge is 2.47. The Morgan fingerprint density at radius 3 is 2.91 bits per heavy atom. The topological polar surface area (TPSA) is 58.6 Å². The predicted molar refractivity (Wildman–Crippen MR) is 87.1 cm³/mol. The third-order valence-corrected chi connectivity index (χ3v) is 4.88. The average Bonchev–Trinajstić information content (AvgIpc) is 3.21. The zero-order valence-electron chi connectivity index (χ0n) is 13.2. The van der Waals surface area contributed by atoms with Gasteiger partial charge in [-0.1, -0.05) is 23.7 Å². The summed E-state index contributed by atoms with van der Waals surface area (Å²) in [7, 11) is 1.60. The molecule has 6 heteroatoms. The number of likely N-dealkylation sites (tertiary alicyclic amines) is 1. The number of carbonyl (C=O) groups excluding carboxylic acids is 2. The average molecular weight is 337 g/mol. The van der Waals surface area contributed by atoms with Gasteiger partial charge in [-0.05, 0) is 30.5 Å². The van der Waals surface area contributed by atoms with E-state index >= 15 is 0 Å². The summed E-state index contributed by atoms with van der Waals surface area (Å²) in [6.45, 7) is 1.50. The number of halogens is 1. The van der Waals surface area contributed by atoms with E-state index < -0.39 is 0 Å². The second kappa shape index (κ2) is 6.49. The van der Waals surface area contributed by atoms with Gasteiger partial charge in [0.15, 0.2) is 0 Å². The van der Waals surface area contributed by atoms with Gasteiger partial charge >= 0.3 is 0 Å². The van der Waals surface area contributed by atoms with Gasteiger partial charge in [-0.2, -0.15) is 0 Å². The van der Waals surface area contributed by atoms with Gasteiger partial charge in [0.25, 0.3) is 0 Å². The molecule has 0 spiro atoms. The molecule has 124 valence electrons. The molecule has 1 saturated heterocycles. The molecule has 1 aliphatic carbocycles. The van der Waals surface area contributed by atoms with E-state index in [1.807, 2.05) is 24.3 Å². The van der Waals surface area contributed by atoms with E-state index in [1.54, 1.807) is 12.0 Å². The Labute approximate surface area is 140 Å². The molecule has 1 aromatic rings. The van der Waals surface area contributed by atoms with Crippen molar-refractivity contribution in [3.63, 3.8) is 0 Å². The van der Waals surface area contributed by atoms with Crippen LogP contribution in [0.1, 0.15) is 24.8 Å². The SMILES string of the molecule is COCCN1CC(C(=O)NC2(c3cccc(Cl)c3)CC2)CC1=O. The van der Waals surface area contributed by atoms with Gasteiger partial charge in [0.2, 0.25) is 11.8 Å². The minimum absolute atomic E-state index is 0.0230. The summed E-state index contributed by atoms with van der Waals surface area (Å²) < 4.78 is 5.00. The van der Waals surface area contributed by atoms with Gasteiger partial charge < -0.3 is 15.0 Å². The molecule has 2 fully saturated rings. The lowest BCUT2D eigenvalue weighted by molar-refractivity contribution is -0.129. The number of hydrogen-bond acceptors (Lipinski definition) is 3. The normalized spacial score (nSPS) is 22.3. The van der Waals surface area contributed by atoms with Crippen molar-refractivity contribution in [1.82, 2.24) is 10.2 Å². The zero-order valence-corrected chi connectivity index (χ0v) is 13.9. The molecular weight excluding hydrogens is 316 g/mol. The van der Waals surface area contributed by atoms with Crippen LogP contribution in [0.5, 0.6) is 0 Å². The Balaban J connectivity index is 1.63. The van der Waals surface area contributed by atoms with E-state index in [-0.39, 0.29) is 29.7 Å². The Kier molecular flexibility index (Phi) is 4.60. The highest BCUT2D eigenvalue weighted by Crippen LogP contribution is 2.46. The van der Waals surface area contributed by atoms with E-state index in [2.05, 4.69) is 5.32 Å².